The van der Waals surface area contributed by atoms with Crippen molar-refractivity contribution in [2.75, 3.05) is 41.8 Å². The Morgan fingerprint density at radius 3 is 2.42 bits per heavy atom. The molecule has 0 atom stereocenters. The minimum absolute atomic E-state index is 0.0987. The Kier molecular flexibility index (Phi) is 6.46. The molecule has 2 saturated heterocycles. The van der Waals surface area contributed by atoms with E-state index in [9.17, 15) is 13.2 Å². The van der Waals surface area contributed by atoms with Gasteiger partial charge in [-0.1, -0.05) is 6.07 Å². The Labute approximate surface area is 213 Å². The maximum Gasteiger partial charge on any atom is 0.259 e. The van der Waals surface area contributed by atoms with Crippen molar-refractivity contribution in [2.45, 2.75) is 62.9 Å². The number of pyridine rings is 1. The van der Waals surface area contributed by atoms with Crippen LogP contribution in [0.25, 0.3) is 0 Å². The first-order valence-electron chi connectivity index (χ1n) is 12.6. The molecule has 3 aliphatic rings. The zero-order chi connectivity index (χ0) is 25.6. The second-order valence-corrected chi connectivity index (χ2v) is 13.0. The molecule has 1 saturated carbocycles. The monoisotopic (exact) mass is 513 g/mol. The van der Waals surface area contributed by atoms with E-state index in [4.69, 9.17) is 9.72 Å². The van der Waals surface area contributed by atoms with Gasteiger partial charge in [-0.3, -0.25) is 4.79 Å². The van der Waals surface area contributed by atoms with Gasteiger partial charge in [-0.25, -0.2) is 18.1 Å². The summed E-state index contributed by atoms with van der Waals surface area (Å²) in [6.07, 6.45) is 4.83. The minimum Gasteiger partial charge on any atom is -0.377 e. The highest BCUT2D eigenvalue weighted by molar-refractivity contribution is 7.89. The summed E-state index contributed by atoms with van der Waals surface area (Å²) in [5, 5.41) is 6.26. The van der Waals surface area contributed by atoms with E-state index in [1.165, 1.54) is 25.0 Å². The average Bonchev–Trinajstić information content (AvgIpc) is 3.54. The number of sulfonamides is 1. The van der Waals surface area contributed by atoms with Crippen LogP contribution in [0, 0.1) is 5.41 Å². The van der Waals surface area contributed by atoms with Gasteiger partial charge in [-0.05, 0) is 82.2 Å². The average molecular weight is 514 g/mol. The summed E-state index contributed by atoms with van der Waals surface area (Å²) >= 11 is 0. The van der Waals surface area contributed by atoms with Crippen molar-refractivity contribution >= 4 is 33.3 Å². The molecular formula is C26H35N5O4S. The number of carbonyl (C=O) groups is 1. The molecule has 194 valence electrons. The summed E-state index contributed by atoms with van der Waals surface area (Å²) in [6.45, 7) is 8.39. The minimum atomic E-state index is -3.73. The topological polar surface area (TPSA) is 113 Å². The number of anilines is 3. The van der Waals surface area contributed by atoms with Gasteiger partial charge in [0.15, 0.2) is 0 Å². The quantitative estimate of drug-likeness (QED) is 0.519. The zero-order valence-electron chi connectivity index (χ0n) is 21.1. The standard InChI is InChI=1S/C26H35N5O4S/c1-25(2,3)30-36(33,34)20-6-4-5-18(15-20)28-24(32)21-7-8-22(27-19-16-35-17-19)29-23(21)31-13-11-26(9-10-26)12-14-31/h4-8,15,19,30H,9-14,16-17H2,1-3H3,(H,27,29)(H,28,32). The predicted octanol–water partition coefficient (Wildman–Crippen LogP) is 3.60. The highest BCUT2D eigenvalue weighted by Gasteiger charge is 2.45. The van der Waals surface area contributed by atoms with Crippen LogP contribution in [-0.2, 0) is 14.8 Å². The van der Waals surface area contributed by atoms with Gasteiger partial charge in [0.25, 0.3) is 5.91 Å². The fourth-order valence-electron chi connectivity index (χ4n) is 4.75. The SMILES string of the molecule is CC(C)(C)NS(=O)(=O)c1cccc(NC(=O)c2ccc(NC3COC3)nc2N2CCC3(CC2)CC3)c1. The number of amides is 1. The van der Waals surface area contributed by atoms with Crippen LogP contribution < -0.4 is 20.3 Å². The van der Waals surface area contributed by atoms with Gasteiger partial charge in [0.05, 0.1) is 29.7 Å². The first-order chi connectivity index (χ1) is 17.0. The van der Waals surface area contributed by atoms with Crippen LogP contribution in [0.2, 0.25) is 0 Å². The molecule has 10 heteroatoms. The van der Waals surface area contributed by atoms with E-state index in [0.717, 1.165) is 31.7 Å². The third-order valence-electron chi connectivity index (χ3n) is 7.03. The van der Waals surface area contributed by atoms with Crippen LogP contribution in [0.15, 0.2) is 41.3 Å². The predicted molar refractivity (Wildman–Crippen MR) is 140 cm³/mol. The number of benzene rings is 1. The molecule has 1 aromatic heterocycles. The molecule has 0 radical (unpaired) electrons. The highest BCUT2D eigenvalue weighted by atomic mass is 32.2. The molecule has 2 aliphatic heterocycles. The van der Waals surface area contributed by atoms with Crippen molar-refractivity contribution in [1.82, 2.24) is 9.71 Å². The van der Waals surface area contributed by atoms with Crippen LogP contribution in [-0.4, -0.2) is 57.2 Å². The molecule has 1 aliphatic carbocycles. The van der Waals surface area contributed by atoms with Crippen LogP contribution in [0.4, 0.5) is 17.3 Å². The number of hydrogen-bond donors (Lipinski definition) is 3. The van der Waals surface area contributed by atoms with Crippen molar-refractivity contribution in [2.24, 2.45) is 5.41 Å². The van der Waals surface area contributed by atoms with E-state index in [1.54, 1.807) is 39.0 Å². The van der Waals surface area contributed by atoms with Gasteiger partial charge in [0, 0.05) is 24.3 Å². The third kappa shape index (κ3) is 5.66. The van der Waals surface area contributed by atoms with E-state index in [0.29, 0.717) is 35.7 Å². The molecule has 36 heavy (non-hydrogen) atoms. The second-order valence-electron chi connectivity index (χ2n) is 11.3. The lowest BCUT2D eigenvalue weighted by Gasteiger charge is -2.34. The zero-order valence-corrected chi connectivity index (χ0v) is 22.0. The number of piperidine rings is 1. The summed E-state index contributed by atoms with van der Waals surface area (Å²) in [6, 6.07) is 10.1. The molecule has 1 aromatic carbocycles. The fourth-order valence-corrected chi connectivity index (χ4v) is 6.21. The molecule has 3 N–H and O–H groups in total. The van der Waals surface area contributed by atoms with E-state index >= 15 is 0 Å². The summed E-state index contributed by atoms with van der Waals surface area (Å²) in [4.78, 5) is 20.6. The third-order valence-corrected chi connectivity index (χ3v) is 8.79. The van der Waals surface area contributed by atoms with Crippen molar-refractivity contribution in [3.8, 4) is 0 Å². The van der Waals surface area contributed by atoms with Gasteiger partial charge in [-0.15, -0.1) is 0 Å². The lowest BCUT2D eigenvalue weighted by atomic mass is 9.93. The number of rotatable bonds is 7. The summed E-state index contributed by atoms with van der Waals surface area (Å²) in [5.41, 5.74) is 0.767. The molecule has 1 spiro atoms. The maximum atomic E-state index is 13.4. The first-order valence-corrected chi connectivity index (χ1v) is 14.1. The number of nitrogens with one attached hydrogen (secondary N) is 3. The van der Waals surface area contributed by atoms with E-state index in [-0.39, 0.29) is 16.8 Å². The van der Waals surface area contributed by atoms with Crippen LogP contribution in [0.5, 0.6) is 0 Å². The molecule has 1 amide bonds. The number of carbonyl (C=O) groups excluding carboxylic acids is 1. The van der Waals surface area contributed by atoms with Crippen LogP contribution in [0.3, 0.4) is 0 Å². The Morgan fingerprint density at radius 2 is 1.81 bits per heavy atom. The number of hydrogen-bond acceptors (Lipinski definition) is 7. The van der Waals surface area contributed by atoms with Crippen molar-refractivity contribution < 1.29 is 17.9 Å². The van der Waals surface area contributed by atoms with E-state index in [1.807, 2.05) is 6.07 Å². The van der Waals surface area contributed by atoms with E-state index < -0.39 is 15.6 Å². The maximum absolute atomic E-state index is 13.4. The number of ether oxygens (including phenoxy) is 1. The van der Waals surface area contributed by atoms with Crippen molar-refractivity contribution in [3.05, 3.63) is 42.0 Å². The molecule has 2 aromatic rings. The Balaban J connectivity index is 1.38. The van der Waals surface area contributed by atoms with Crippen LogP contribution in [0.1, 0.15) is 56.8 Å². The Morgan fingerprint density at radius 1 is 1.08 bits per heavy atom. The van der Waals surface area contributed by atoms with E-state index in [2.05, 4.69) is 20.3 Å². The van der Waals surface area contributed by atoms with Crippen molar-refractivity contribution in [1.29, 1.82) is 0 Å². The van der Waals surface area contributed by atoms with Gasteiger partial charge < -0.3 is 20.3 Å². The molecule has 9 nitrogen and oxygen atoms in total. The van der Waals surface area contributed by atoms with Gasteiger partial charge in [0.1, 0.15) is 11.6 Å². The summed E-state index contributed by atoms with van der Waals surface area (Å²) in [7, 11) is -3.73. The normalized spacial score (nSPS) is 19.6. The Hall–Kier alpha value is -2.69. The number of nitrogens with zero attached hydrogens (tertiary/aromatic N) is 2. The summed E-state index contributed by atoms with van der Waals surface area (Å²) in [5.74, 6) is 1.07. The highest BCUT2D eigenvalue weighted by Crippen LogP contribution is 2.54. The smallest absolute Gasteiger partial charge is 0.259 e. The molecule has 0 bridgehead atoms. The van der Waals surface area contributed by atoms with Crippen LogP contribution >= 0.6 is 0 Å². The molecule has 3 heterocycles. The lowest BCUT2D eigenvalue weighted by molar-refractivity contribution is 0.0209. The van der Waals surface area contributed by atoms with Crippen molar-refractivity contribution in [3.63, 3.8) is 0 Å². The lowest BCUT2D eigenvalue weighted by Crippen LogP contribution is -2.41. The summed E-state index contributed by atoms with van der Waals surface area (Å²) < 4.78 is 33.5. The molecule has 0 unspecified atom stereocenters. The fraction of sp³-hybridized carbons (Fsp3) is 0.538. The van der Waals surface area contributed by atoms with Gasteiger partial charge in [-0.2, -0.15) is 0 Å². The molecular weight excluding hydrogens is 478 g/mol. The van der Waals surface area contributed by atoms with Gasteiger partial charge in [0.2, 0.25) is 10.0 Å². The first kappa shape index (κ1) is 25.0. The van der Waals surface area contributed by atoms with Gasteiger partial charge >= 0.3 is 0 Å². The number of aromatic nitrogens is 1. The molecule has 5 rings (SSSR count). The molecule has 3 fully saturated rings. The largest absolute Gasteiger partial charge is 0.377 e. The Bertz CT molecular complexity index is 1240. The second kappa shape index (κ2) is 9.32.